The Morgan fingerprint density at radius 2 is 1.40 bits per heavy atom. The van der Waals surface area contributed by atoms with Crippen LogP contribution in [-0.2, 0) is 44.4 Å². The van der Waals surface area contributed by atoms with Gasteiger partial charge in [-0.1, -0.05) is 12.1 Å². The van der Waals surface area contributed by atoms with Crippen LogP contribution in [0.5, 0.6) is 23.0 Å². The Kier molecular flexibility index (Phi) is 15.4. The molecule has 15 atom stereocenters. The maximum atomic E-state index is 13.2. The number of hydrogen-bond acceptors (Lipinski definition) is 20. The maximum Gasteiger partial charge on any atom is 0.331 e. The predicted octanol–water partition coefficient (Wildman–Crippen LogP) is -2.85. The minimum atomic E-state index is -1.88. The molecule has 0 amide bonds. The fourth-order valence-corrected chi connectivity index (χ4v) is 6.63. The number of ether oxygens (including phenoxy) is 8. The Balaban J connectivity index is 1.37. The predicted molar refractivity (Wildman–Crippen MR) is 189 cm³/mol. The van der Waals surface area contributed by atoms with E-state index in [1.165, 1.54) is 56.5 Å². The molecule has 3 aliphatic rings. The number of esters is 1. The highest BCUT2D eigenvalue weighted by Crippen LogP contribution is 2.33. The SMILES string of the molecule is COc1cc(C=CC(=O)O[C@@H]2C(CO)O[C@@H](OCCc3ccc(O)c(O)c3)C(O)C2OC[C@@H]2OC(C)[C@H](O)C(O)C2O[C@@H]2OC(CO)[C@H](O)C(O)C2O)ccc1O. The maximum absolute atomic E-state index is 13.2. The first-order valence-corrected chi connectivity index (χ1v) is 18.1. The van der Waals surface area contributed by atoms with Gasteiger partial charge in [0.1, 0.15) is 67.1 Å². The highest BCUT2D eigenvalue weighted by Gasteiger charge is 2.52. The molecule has 3 heterocycles. The second-order valence-corrected chi connectivity index (χ2v) is 13.8. The summed E-state index contributed by atoms with van der Waals surface area (Å²) in [6.07, 6.45) is -20.8. The fraction of sp³-hybridized carbons (Fsp3) is 0.595. The van der Waals surface area contributed by atoms with Crippen molar-refractivity contribution in [2.24, 2.45) is 0 Å². The van der Waals surface area contributed by atoms with Gasteiger partial charge in [0.15, 0.2) is 41.7 Å². The van der Waals surface area contributed by atoms with Gasteiger partial charge in [0.2, 0.25) is 0 Å². The molecule has 11 N–H and O–H groups in total. The Hall–Kier alpha value is -3.71. The molecular formula is C37H50O20. The summed E-state index contributed by atoms with van der Waals surface area (Å²) in [6.45, 7) is -0.781. The molecule has 20 nitrogen and oxygen atoms in total. The average Bonchev–Trinajstić information content (AvgIpc) is 3.19. The summed E-state index contributed by atoms with van der Waals surface area (Å²) < 4.78 is 45.6. The van der Waals surface area contributed by atoms with Gasteiger partial charge in [0.25, 0.3) is 0 Å². The molecule has 9 unspecified atom stereocenters. The van der Waals surface area contributed by atoms with E-state index in [1.807, 2.05) is 0 Å². The van der Waals surface area contributed by atoms with Crippen LogP contribution in [0.2, 0.25) is 0 Å². The zero-order valence-electron chi connectivity index (χ0n) is 30.9. The van der Waals surface area contributed by atoms with Crippen molar-refractivity contribution in [3.63, 3.8) is 0 Å². The Labute approximate surface area is 326 Å². The van der Waals surface area contributed by atoms with E-state index in [9.17, 15) is 61.0 Å². The molecule has 0 bridgehead atoms. The molecule has 0 saturated carbocycles. The third-order valence-electron chi connectivity index (χ3n) is 9.89. The molecule has 2 aromatic rings. The summed E-state index contributed by atoms with van der Waals surface area (Å²) in [5, 5.41) is 114. The zero-order valence-corrected chi connectivity index (χ0v) is 30.9. The van der Waals surface area contributed by atoms with E-state index in [-0.39, 0.29) is 36.0 Å². The van der Waals surface area contributed by atoms with Crippen molar-refractivity contribution in [2.45, 2.75) is 105 Å². The van der Waals surface area contributed by atoms with Crippen LogP contribution in [0.25, 0.3) is 6.08 Å². The second-order valence-electron chi connectivity index (χ2n) is 13.8. The van der Waals surface area contributed by atoms with Gasteiger partial charge >= 0.3 is 5.97 Å². The summed E-state index contributed by atoms with van der Waals surface area (Å²) in [7, 11) is 1.35. The number of phenolic OH excluding ortho intramolecular Hbond substituents is 3. The third kappa shape index (κ3) is 10.5. The minimum absolute atomic E-state index is 0.109. The lowest BCUT2D eigenvalue weighted by atomic mass is 9.94. The van der Waals surface area contributed by atoms with Crippen molar-refractivity contribution in [3.8, 4) is 23.0 Å². The summed E-state index contributed by atoms with van der Waals surface area (Å²) in [4.78, 5) is 13.2. The van der Waals surface area contributed by atoms with Crippen molar-refractivity contribution in [1.82, 2.24) is 0 Å². The molecule has 3 fully saturated rings. The number of carbonyl (C=O) groups is 1. The Morgan fingerprint density at radius 1 is 0.702 bits per heavy atom. The van der Waals surface area contributed by atoms with Gasteiger partial charge < -0.3 is 94.1 Å². The lowest BCUT2D eigenvalue weighted by molar-refractivity contribution is -0.346. The molecule has 5 rings (SSSR count). The van der Waals surface area contributed by atoms with Gasteiger partial charge in [-0.15, -0.1) is 0 Å². The van der Waals surface area contributed by atoms with Crippen LogP contribution in [0.15, 0.2) is 42.5 Å². The molecular weight excluding hydrogens is 764 g/mol. The van der Waals surface area contributed by atoms with Gasteiger partial charge in [-0.25, -0.2) is 4.79 Å². The average molecular weight is 815 g/mol. The van der Waals surface area contributed by atoms with Gasteiger partial charge in [0.05, 0.1) is 39.6 Å². The number of aromatic hydroxyl groups is 3. The van der Waals surface area contributed by atoms with E-state index in [0.717, 1.165) is 6.08 Å². The molecule has 3 aliphatic heterocycles. The largest absolute Gasteiger partial charge is 0.504 e. The summed E-state index contributed by atoms with van der Waals surface area (Å²) in [5.74, 6) is -1.64. The zero-order chi connectivity index (χ0) is 41.6. The van der Waals surface area contributed by atoms with Gasteiger partial charge in [-0.2, -0.15) is 0 Å². The Bertz CT molecular complexity index is 1640. The first-order chi connectivity index (χ1) is 27.2. The number of aliphatic hydroxyl groups excluding tert-OH is 8. The summed E-state index contributed by atoms with van der Waals surface area (Å²) in [6, 6.07) is 8.44. The molecule has 20 heteroatoms. The number of methoxy groups -OCH3 is 1. The van der Waals surface area contributed by atoms with E-state index < -0.39 is 118 Å². The van der Waals surface area contributed by atoms with Crippen molar-refractivity contribution in [3.05, 3.63) is 53.6 Å². The number of hydrogen-bond donors (Lipinski definition) is 11. The molecule has 0 aliphatic carbocycles. The number of benzene rings is 2. The first-order valence-electron chi connectivity index (χ1n) is 18.1. The smallest absolute Gasteiger partial charge is 0.331 e. The second kappa shape index (κ2) is 19.8. The highest BCUT2D eigenvalue weighted by molar-refractivity contribution is 5.87. The minimum Gasteiger partial charge on any atom is -0.504 e. The van der Waals surface area contributed by atoms with Gasteiger partial charge in [-0.3, -0.25) is 0 Å². The lowest BCUT2D eigenvalue weighted by Gasteiger charge is -2.47. The monoisotopic (exact) mass is 814 g/mol. The quantitative estimate of drug-likeness (QED) is 0.0490. The van der Waals surface area contributed by atoms with Crippen LogP contribution in [-0.4, -0.2) is 188 Å². The van der Waals surface area contributed by atoms with Crippen molar-refractivity contribution in [2.75, 3.05) is 33.5 Å². The molecule has 57 heavy (non-hydrogen) atoms. The number of phenols is 3. The number of rotatable bonds is 15. The van der Waals surface area contributed by atoms with Crippen LogP contribution in [0.3, 0.4) is 0 Å². The third-order valence-corrected chi connectivity index (χ3v) is 9.89. The number of aliphatic hydroxyl groups is 8. The summed E-state index contributed by atoms with van der Waals surface area (Å²) >= 11 is 0. The normalized spacial score (nSPS) is 35.9. The van der Waals surface area contributed by atoms with Crippen molar-refractivity contribution in [1.29, 1.82) is 0 Å². The Morgan fingerprint density at radius 3 is 2.09 bits per heavy atom. The van der Waals surface area contributed by atoms with Gasteiger partial charge in [0, 0.05) is 6.08 Å². The van der Waals surface area contributed by atoms with Crippen molar-refractivity contribution < 1.29 is 98.9 Å². The van der Waals surface area contributed by atoms with Crippen molar-refractivity contribution >= 4 is 12.0 Å². The van der Waals surface area contributed by atoms with E-state index >= 15 is 0 Å². The standard InChI is InChI=1S/C37H50O20/c1-16-27(44)30(47)33(57-37-31(48)29(46)28(45)23(13-38)54-37)25(53-16)15-52-35-32(49)36(51-10-9-18-3-6-19(40)21(42)11-18)55-24(14-39)34(35)56-26(43)8-5-17-4-7-20(41)22(12-17)50-2/h3-8,11-12,16,23-25,27-42,44-49H,9-10,13-15H2,1-2H3/t16?,23?,24?,25-,27-,28-,29?,30?,31?,32?,33?,34+,35?,36+,37-/m0/s1. The van der Waals surface area contributed by atoms with Crippen LogP contribution >= 0.6 is 0 Å². The molecule has 3 saturated heterocycles. The topological polar surface area (TPSA) is 313 Å². The van der Waals surface area contributed by atoms with E-state index in [4.69, 9.17) is 37.9 Å². The first kappa shape index (κ1) is 44.4. The van der Waals surface area contributed by atoms with E-state index in [0.29, 0.717) is 11.1 Å². The lowest BCUT2D eigenvalue weighted by Crippen LogP contribution is -2.65. The van der Waals surface area contributed by atoms with Crippen LogP contribution in [0.1, 0.15) is 18.1 Å². The molecule has 0 aromatic heterocycles. The summed E-state index contributed by atoms with van der Waals surface area (Å²) in [5.41, 5.74) is 1.000. The molecule has 0 radical (unpaired) electrons. The van der Waals surface area contributed by atoms with Crippen LogP contribution in [0, 0.1) is 0 Å². The molecule has 318 valence electrons. The number of carbonyl (C=O) groups excluding carboxylic acids is 1. The van der Waals surface area contributed by atoms with E-state index in [2.05, 4.69) is 0 Å². The van der Waals surface area contributed by atoms with Crippen LogP contribution < -0.4 is 4.74 Å². The van der Waals surface area contributed by atoms with E-state index in [1.54, 1.807) is 0 Å². The molecule has 2 aromatic carbocycles. The fourth-order valence-electron chi connectivity index (χ4n) is 6.63. The highest BCUT2D eigenvalue weighted by atomic mass is 16.7. The molecule has 0 spiro atoms. The van der Waals surface area contributed by atoms with Gasteiger partial charge in [-0.05, 0) is 54.8 Å². The van der Waals surface area contributed by atoms with Crippen LogP contribution in [0.4, 0.5) is 0 Å².